The Morgan fingerprint density at radius 3 is 1.43 bits per heavy atom. The number of anilines is 4. The molecule has 10 aromatic rings. The molecule has 32 nitrogen and oxygen atoms in total. The molecule has 2 aromatic heterocycles. The Kier molecular flexibility index (Phi) is 31.5. The second-order valence-electron chi connectivity index (χ2n) is 35.7. The molecule has 2 bridgehead atoms. The van der Waals surface area contributed by atoms with E-state index in [2.05, 4.69) is 15.6 Å². The number of nitrogens with zero attached hydrogens (tertiary/aromatic N) is 8. The lowest BCUT2D eigenvalue weighted by molar-refractivity contribution is -0.205. The van der Waals surface area contributed by atoms with Gasteiger partial charge in [-0.3, -0.25) is 48.2 Å². The summed E-state index contributed by atoms with van der Waals surface area (Å²) < 4.78 is 51.5. The number of halogens is 4. The van der Waals surface area contributed by atoms with Crippen LogP contribution in [0.2, 0.25) is 0 Å². The van der Waals surface area contributed by atoms with Gasteiger partial charge in [0.05, 0.1) is 48.1 Å². The third-order valence-electron chi connectivity index (χ3n) is 25.8. The van der Waals surface area contributed by atoms with Gasteiger partial charge in [0.25, 0.3) is 23.6 Å². The van der Waals surface area contributed by atoms with Crippen LogP contribution in [-0.4, -0.2) is 231 Å². The number of amides is 10. The van der Waals surface area contributed by atoms with E-state index < -0.39 is 67.2 Å². The monoisotopic (exact) mass is 2120 g/mol. The molecule has 43 heteroatoms. The number of nitrogens with one attached hydrogen (secondary N) is 2. The highest BCUT2D eigenvalue weighted by Gasteiger charge is 2.76. The number of thiophene rings is 1. The van der Waals surface area contributed by atoms with Gasteiger partial charge in [0.1, 0.15) is 40.7 Å². The van der Waals surface area contributed by atoms with Crippen molar-refractivity contribution in [3.8, 4) is 23.0 Å². The van der Waals surface area contributed by atoms with Crippen molar-refractivity contribution >= 4 is 248 Å². The molecule has 6 N–H and O–H groups in total. The number of imide groups is 1. The van der Waals surface area contributed by atoms with Crippen molar-refractivity contribution < 1.29 is 105 Å². The molecule has 8 aromatic carbocycles. The SMILES string of the molecule is CN(CCN(C)C(=O)Oc1cc2c(c3ccccc13)[C@H](CCl)CN2C(=O)C12CC(C(=O)N3C[C@@H](CCl)c4c3cc(OP(=O)(O)O)c3ccccc43)(C1)C2)C(=O)OCCSSC(C)(C)[C@H](NC(=O)CCCCCN1C(=O)C=CC1=O)C(=O)O.CP(=O)(O)Oc1cc2c(c3ccccc13)[C@H](CCl)CN2C(=O)c1ccc(C(=O)N2C[C@@H](CCl)c3c2cc(OC(=O)NCCSSc2ccccn2)c2ccccc32)s1. The van der Waals surface area contributed by atoms with Crippen molar-refractivity contribution in [2.45, 2.75) is 98.3 Å². The lowest BCUT2D eigenvalue weighted by atomic mass is 9.34. The van der Waals surface area contributed by atoms with E-state index >= 15 is 0 Å². The maximum absolute atomic E-state index is 14.8. The number of aliphatic carboxylic acids is 1. The molecule has 736 valence electrons. The molecule has 0 saturated heterocycles. The van der Waals surface area contributed by atoms with Gasteiger partial charge in [-0.25, -0.2) is 33.3 Å². The molecular weight excluding hydrogens is 2020 g/mol. The van der Waals surface area contributed by atoms with Crippen molar-refractivity contribution in [1.29, 1.82) is 0 Å². The number of benzene rings is 8. The second kappa shape index (κ2) is 43.1. The van der Waals surface area contributed by atoms with Crippen LogP contribution in [0, 0.1) is 10.8 Å². The standard InChI is InChI=1S/C56H63Cl2N6O15PS2.C41H35Cl2N4O7PS3/c1-54(2,48(49(68)69)59-43(65)16-6-5-11-19-62-44(66)17-18-45(62)67)82-81-23-22-77-52(72)60(3)20-21-61(4)53(73)78-41-24-39-46(37-14-9-7-12-35(37)41)33(26-57)28-63(39)50(70)55-30-56(31-55,32-55)51(71)64-29-34(27-58)47-38-15-10-8-13-36(38)42(25-40(47)64)79-80(74,75)76;1-55(51,52)54-33-19-31-38(29-11-5-3-9-27(29)33)25(21-43)23-47(31)40(49)35-14-13-34(57-35)39(48)46-22-24(20-42)37-28-10-4-2-8-26(28)32(18-30(37)46)53-41(50)45-16-17-56-58-36-12-6-7-15-44-36/h7-10,12-15,17-18,24-25,33-34,48H,5-6,11,16,19-23,26-32H2,1-4H3,(H,59,65)(H,68,69)(H2,74,75,76);2-15,18-19,24-25H,16-17,20-23H2,1H3,(H,45,50)(H,51,52)/t33-,34-,48-,55?,56?;24-,25-/m11/s1. The molecule has 3 fully saturated rings. The first-order valence-corrected chi connectivity index (χ1v) is 56.0. The van der Waals surface area contributed by atoms with E-state index in [1.54, 1.807) is 105 Å². The van der Waals surface area contributed by atoms with E-state index in [1.807, 2.05) is 91.0 Å². The zero-order valence-electron chi connectivity index (χ0n) is 76.3. The normalized spacial score (nSPS) is 19.3. The molecule has 10 amide bonds. The number of unbranched alkanes of at least 4 members (excludes halogenated alkanes) is 2. The van der Waals surface area contributed by atoms with Gasteiger partial charge in [-0.1, -0.05) is 142 Å². The van der Waals surface area contributed by atoms with Gasteiger partial charge < -0.3 is 73.3 Å². The summed E-state index contributed by atoms with van der Waals surface area (Å²) in [5.41, 5.74) is 3.82. The third kappa shape index (κ3) is 21.6. The van der Waals surface area contributed by atoms with Gasteiger partial charge in [-0.2, -0.15) is 0 Å². The van der Waals surface area contributed by atoms with Crippen LogP contribution in [0.15, 0.2) is 175 Å². The van der Waals surface area contributed by atoms with Crippen molar-refractivity contribution in [1.82, 2.24) is 30.3 Å². The van der Waals surface area contributed by atoms with Gasteiger partial charge in [0.15, 0.2) is 0 Å². The smallest absolute Gasteiger partial charge is 0.480 e. The van der Waals surface area contributed by atoms with E-state index in [9.17, 15) is 81.7 Å². The first-order valence-electron chi connectivity index (χ1n) is 44.9. The molecule has 5 aliphatic heterocycles. The summed E-state index contributed by atoms with van der Waals surface area (Å²) in [6.45, 7) is 6.31. The minimum atomic E-state index is -4.97. The average molecular weight is 2120 g/mol. The minimum absolute atomic E-state index is 0.0111. The Hall–Kier alpha value is -10.3. The highest BCUT2D eigenvalue weighted by molar-refractivity contribution is 8.77. The number of carbonyl (C=O) groups is 11. The molecule has 1 unspecified atom stereocenters. The molecule has 140 heavy (non-hydrogen) atoms. The number of phosphoric ester groups is 1. The fourth-order valence-corrected chi connectivity index (χ4v) is 26.4. The number of ether oxygens (including phenoxy) is 3. The number of rotatable bonds is 36. The number of phosphoric acid groups is 1. The quantitative estimate of drug-likeness (QED) is 0.00698. The average Bonchev–Trinajstić information content (AvgIpc) is 1.12. The fourth-order valence-electron chi connectivity index (χ4n) is 19.4. The van der Waals surface area contributed by atoms with Crippen LogP contribution in [0.3, 0.4) is 0 Å². The summed E-state index contributed by atoms with van der Waals surface area (Å²) in [6.07, 6.45) is 4.63. The van der Waals surface area contributed by atoms with Crippen molar-refractivity contribution in [2.75, 3.05) is 134 Å². The zero-order valence-corrected chi connectivity index (χ0v) is 85.2. The first-order chi connectivity index (χ1) is 66.9. The van der Waals surface area contributed by atoms with Crippen LogP contribution in [0.5, 0.6) is 23.0 Å². The summed E-state index contributed by atoms with van der Waals surface area (Å²) in [5, 5.41) is 21.8. The van der Waals surface area contributed by atoms with E-state index in [1.165, 1.54) is 74.5 Å². The number of fused-ring (bicyclic) bond motifs is 12. The van der Waals surface area contributed by atoms with Crippen LogP contribution < -0.4 is 48.8 Å². The topological polar surface area (TPSA) is 409 Å². The number of carbonyl (C=O) groups excluding carboxylic acids is 10. The molecule has 7 heterocycles. The predicted molar refractivity (Wildman–Crippen MR) is 547 cm³/mol. The summed E-state index contributed by atoms with van der Waals surface area (Å²) in [4.78, 5) is 191. The van der Waals surface area contributed by atoms with Gasteiger partial charge in [-0.05, 0) is 125 Å². The number of likely N-dealkylation sites (N-methyl/N-ethyl adjacent to an activating group) is 2. The zero-order chi connectivity index (χ0) is 99.6. The number of carboxylic acid groups (broad SMARTS) is 1. The molecule has 6 atom stereocenters. The predicted octanol–water partition coefficient (Wildman–Crippen LogP) is 18.5. The summed E-state index contributed by atoms with van der Waals surface area (Å²) in [5.74, 6) is -1.88. The number of hydrogen-bond donors (Lipinski definition) is 6. The van der Waals surface area contributed by atoms with Gasteiger partial charge in [-0.15, -0.1) is 57.7 Å². The summed E-state index contributed by atoms with van der Waals surface area (Å²) in [7, 11) is -0.276. The Balaban J connectivity index is 0.000000214. The number of alkyl halides is 4. The van der Waals surface area contributed by atoms with Gasteiger partial charge in [0, 0.05) is 202 Å². The molecular formula is C97H98Cl4N10O22P2S5. The van der Waals surface area contributed by atoms with E-state index in [4.69, 9.17) is 69.7 Å². The molecule has 3 saturated carbocycles. The van der Waals surface area contributed by atoms with Crippen molar-refractivity contribution in [3.05, 3.63) is 202 Å². The molecule has 3 aliphatic carbocycles. The van der Waals surface area contributed by atoms with Crippen LogP contribution in [0.1, 0.15) is 124 Å². The largest absolute Gasteiger partial charge is 0.524 e. The lowest BCUT2D eigenvalue weighted by Gasteiger charge is -2.69. The van der Waals surface area contributed by atoms with Gasteiger partial charge in [0.2, 0.25) is 17.7 Å². The maximum atomic E-state index is 14.8. The summed E-state index contributed by atoms with van der Waals surface area (Å²) in [6, 6.07) is 43.6. The van der Waals surface area contributed by atoms with Crippen LogP contribution >= 0.6 is 116 Å². The van der Waals surface area contributed by atoms with Crippen LogP contribution in [0.25, 0.3) is 43.1 Å². The van der Waals surface area contributed by atoms with Crippen LogP contribution in [-0.2, 0) is 42.6 Å². The maximum Gasteiger partial charge on any atom is 0.524 e. The molecule has 18 rings (SSSR count). The fraction of sp³-hybridized carbons (Fsp3) is 0.361. The third-order valence-corrected chi connectivity index (χ3v) is 34.9. The first kappa shape index (κ1) is 103. The lowest BCUT2D eigenvalue weighted by Crippen LogP contribution is -2.73. The van der Waals surface area contributed by atoms with E-state index in [0.29, 0.717) is 128 Å². The number of aromatic nitrogens is 1. The van der Waals surface area contributed by atoms with Gasteiger partial charge >= 0.3 is 39.7 Å². The number of pyridine rings is 1. The Labute approximate surface area is 845 Å². The highest BCUT2D eigenvalue weighted by atomic mass is 35.5. The van der Waals surface area contributed by atoms with E-state index in [-0.39, 0.29) is 152 Å². The highest BCUT2D eigenvalue weighted by Crippen LogP contribution is 2.75. The Morgan fingerprint density at radius 2 is 0.979 bits per heavy atom. The number of hydrogen-bond acceptors (Lipinski definition) is 24. The van der Waals surface area contributed by atoms with Crippen LogP contribution in [0.4, 0.5) is 37.1 Å². The molecule has 8 aliphatic rings. The second-order valence-corrected chi connectivity index (χ2v) is 46.5. The Morgan fingerprint density at radius 1 is 0.550 bits per heavy atom. The summed E-state index contributed by atoms with van der Waals surface area (Å²) >= 11 is 27.2. The molecule has 0 radical (unpaired) electrons. The minimum Gasteiger partial charge on any atom is -0.480 e. The number of carboxylic acids is 1. The molecule has 0 spiro atoms. The van der Waals surface area contributed by atoms with E-state index in [0.717, 1.165) is 66.3 Å². The van der Waals surface area contributed by atoms with Crippen molar-refractivity contribution in [2.24, 2.45) is 10.8 Å². The Bertz CT molecular complexity index is 6700. The van der Waals surface area contributed by atoms with Crippen molar-refractivity contribution in [3.63, 3.8) is 0 Å².